The number of carbonyl (C=O) groups excluding carboxylic acids is 2. The van der Waals surface area contributed by atoms with Crippen LogP contribution in [0.15, 0.2) is 75.9 Å². The quantitative estimate of drug-likeness (QED) is 0.148. The first-order valence-electron chi connectivity index (χ1n) is 11.2. The van der Waals surface area contributed by atoms with Gasteiger partial charge in [0.1, 0.15) is 29.7 Å². The summed E-state index contributed by atoms with van der Waals surface area (Å²) >= 11 is 1.54. The van der Waals surface area contributed by atoms with Gasteiger partial charge in [-0.3, -0.25) is 0 Å². The molecular weight excluding hydrogens is 482 g/mol. The molecule has 0 bridgehead atoms. The van der Waals surface area contributed by atoms with Gasteiger partial charge in [0.15, 0.2) is 0 Å². The predicted octanol–water partition coefficient (Wildman–Crippen LogP) is 4.91. The van der Waals surface area contributed by atoms with Gasteiger partial charge >= 0.3 is 17.7 Å². The average Bonchev–Trinajstić information content (AvgIpc) is 2.90. The summed E-state index contributed by atoms with van der Waals surface area (Å²) < 4.78 is 21.4. The molecule has 36 heavy (non-hydrogen) atoms. The number of hydrogen-bond acceptors (Lipinski definition) is 8. The lowest BCUT2D eigenvalue weighted by Crippen LogP contribution is -2.43. The number of methoxy groups -OCH3 is 1. The number of fused-ring (bicyclic) bond motifs is 3. The Balaban J connectivity index is 1.49. The maximum atomic E-state index is 12.9. The molecule has 186 valence electrons. The van der Waals surface area contributed by atoms with E-state index in [0.29, 0.717) is 34.1 Å². The molecule has 0 spiro atoms. The number of nitrogens with one attached hydrogen (secondary N) is 1. The molecule has 0 unspecified atom stereocenters. The van der Waals surface area contributed by atoms with Crippen LogP contribution >= 0.6 is 11.8 Å². The van der Waals surface area contributed by atoms with Gasteiger partial charge < -0.3 is 23.9 Å². The highest BCUT2D eigenvalue weighted by atomic mass is 32.2. The summed E-state index contributed by atoms with van der Waals surface area (Å²) in [5.41, 5.74) is 0.582. The molecule has 0 aliphatic carbocycles. The number of benzene rings is 3. The van der Waals surface area contributed by atoms with Crippen molar-refractivity contribution in [2.45, 2.75) is 19.1 Å². The molecule has 1 atom stereocenters. The van der Waals surface area contributed by atoms with Crippen molar-refractivity contribution in [2.24, 2.45) is 0 Å². The Morgan fingerprint density at radius 3 is 2.47 bits per heavy atom. The molecule has 0 saturated heterocycles. The maximum Gasteiger partial charge on any atom is 0.408 e. The zero-order valence-electron chi connectivity index (χ0n) is 19.8. The van der Waals surface area contributed by atoms with Gasteiger partial charge in [-0.1, -0.05) is 30.3 Å². The molecule has 1 amide bonds. The molecule has 8 nitrogen and oxygen atoms in total. The number of rotatable bonds is 9. The molecule has 9 heteroatoms. The minimum atomic E-state index is -0.910. The fourth-order valence-electron chi connectivity index (χ4n) is 3.66. The van der Waals surface area contributed by atoms with Crippen molar-refractivity contribution in [2.75, 3.05) is 19.1 Å². The Labute approximate surface area is 211 Å². The summed E-state index contributed by atoms with van der Waals surface area (Å²) in [4.78, 5) is 37.7. The molecule has 0 aliphatic rings. The summed E-state index contributed by atoms with van der Waals surface area (Å²) in [5, 5.41) is 4.36. The minimum absolute atomic E-state index is 0.0838. The fraction of sp³-hybridized carbons (Fsp3) is 0.222. The molecule has 1 aromatic heterocycles. The monoisotopic (exact) mass is 507 g/mol. The standard InChI is InChI=1S/C27H25NO7S/c1-32-18-8-10-20-21-11-9-19(15-24(21)35-25(29)22(20)14-18)34-26(30)23(12-13-36-2)28-27(31)33-16-17-6-4-3-5-7-17/h3-11,14-15,23H,12-13,16H2,1-2H3,(H,28,31)/t23-/m1/s1. The van der Waals surface area contributed by atoms with Crippen molar-refractivity contribution < 1.29 is 28.2 Å². The van der Waals surface area contributed by atoms with Crippen molar-refractivity contribution in [1.29, 1.82) is 0 Å². The third-order valence-corrected chi connectivity index (χ3v) is 6.15. The van der Waals surface area contributed by atoms with Crippen LogP contribution in [0.1, 0.15) is 12.0 Å². The molecule has 0 radical (unpaired) electrons. The van der Waals surface area contributed by atoms with Crippen molar-refractivity contribution in [1.82, 2.24) is 5.32 Å². The zero-order chi connectivity index (χ0) is 25.5. The van der Waals surface area contributed by atoms with Crippen LogP contribution in [0.25, 0.3) is 21.7 Å². The summed E-state index contributed by atoms with van der Waals surface area (Å²) in [6, 6.07) is 18.3. The lowest BCUT2D eigenvalue weighted by molar-refractivity contribution is -0.136. The first-order chi connectivity index (χ1) is 17.5. The van der Waals surface area contributed by atoms with E-state index in [4.69, 9.17) is 18.6 Å². The van der Waals surface area contributed by atoms with Crippen LogP contribution in [0.5, 0.6) is 11.5 Å². The average molecular weight is 508 g/mol. The molecule has 0 aliphatic heterocycles. The van der Waals surface area contributed by atoms with E-state index in [1.165, 1.54) is 24.9 Å². The fourth-order valence-corrected chi connectivity index (χ4v) is 4.13. The Morgan fingerprint density at radius 2 is 1.72 bits per heavy atom. The molecular formula is C27H25NO7S. The molecule has 0 saturated carbocycles. The molecule has 4 aromatic rings. The highest BCUT2D eigenvalue weighted by Crippen LogP contribution is 2.28. The number of hydrogen-bond donors (Lipinski definition) is 1. The number of amides is 1. The van der Waals surface area contributed by atoms with E-state index in [-0.39, 0.29) is 17.9 Å². The van der Waals surface area contributed by atoms with E-state index in [2.05, 4.69) is 5.32 Å². The van der Waals surface area contributed by atoms with Crippen molar-refractivity contribution in [3.63, 3.8) is 0 Å². The van der Waals surface area contributed by atoms with Gasteiger partial charge in [-0.25, -0.2) is 14.4 Å². The van der Waals surface area contributed by atoms with Crippen LogP contribution in [0.3, 0.4) is 0 Å². The molecule has 1 N–H and O–H groups in total. The summed E-state index contributed by atoms with van der Waals surface area (Å²) in [5.74, 6) is 0.719. The third-order valence-electron chi connectivity index (χ3n) is 5.51. The number of thioether (sulfide) groups is 1. The lowest BCUT2D eigenvalue weighted by atomic mass is 10.1. The number of alkyl carbamates (subject to hydrolysis) is 1. The molecule has 3 aromatic carbocycles. The van der Waals surface area contributed by atoms with Gasteiger partial charge in [-0.2, -0.15) is 11.8 Å². The second-order valence-corrected chi connectivity index (χ2v) is 8.91. The van der Waals surface area contributed by atoms with Gasteiger partial charge in [-0.15, -0.1) is 0 Å². The first-order valence-corrected chi connectivity index (χ1v) is 12.6. The highest BCUT2D eigenvalue weighted by Gasteiger charge is 2.24. The lowest BCUT2D eigenvalue weighted by Gasteiger charge is -2.17. The SMILES string of the molecule is COc1ccc2c(c1)c(=O)oc1cc(OC(=O)[C@@H](CCSC)NC(=O)OCc3ccccc3)ccc12. The summed E-state index contributed by atoms with van der Waals surface area (Å²) in [7, 11) is 1.52. The van der Waals surface area contributed by atoms with Gasteiger partial charge in [-0.05, 0) is 54.3 Å². The molecule has 4 rings (SSSR count). The van der Waals surface area contributed by atoms with E-state index < -0.39 is 23.7 Å². The Hall–Kier alpha value is -3.98. The maximum absolute atomic E-state index is 12.9. The minimum Gasteiger partial charge on any atom is -0.497 e. The van der Waals surface area contributed by atoms with Gasteiger partial charge in [0.05, 0.1) is 12.5 Å². The second kappa shape index (κ2) is 11.6. The highest BCUT2D eigenvalue weighted by molar-refractivity contribution is 7.98. The van der Waals surface area contributed by atoms with Crippen molar-refractivity contribution in [3.8, 4) is 11.5 Å². The number of esters is 1. The predicted molar refractivity (Wildman–Crippen MR) is 139 cm³/mol. The number of ether oxygens (including phenoxy) is 3. The topological polar surface area (TPSA) is 104 Å². The van der Waals surface area contributed by atoms with Crippen LogP contribution in [-0.4, -0.2) is 37.2 Å². The number of carbonyl (C=O) groups is 2. The van der Waals surface area contributed by atoms with Crippen LogP contribution < -0.4 is 20.4 Å². The smallest absolute Gasteiger partial charge is 0.408 e. The zero-order valence-corrected chi connectivity index (χ0v) is 20.6. The van der Waals surface area contributed by atoms with Crippen LogP contribution in [0, 0.1) is 0 Å². The summed E-state index contributed by atoms with van der Waals surface area (Å²) in [6.45, 7) is 0.0838. The van der Waals surface area contributed by atoms with Crippen molar-refractivity contribution >= 4 is 45.6 Å². The van der Waals surface area contributed by atoms with E-state index >= 15 is 0 Å². The van der Waals surface area contributed by atoms with E-state index in [1.807, 2.05) is 36.6 Å². The van der Waals surface area contributed by atoms with Gasteiger partial charge in [0.25, 0.3) is 0 Å². The normalized spacial score (nSPS) is 11.7. The van der Waals surface area contributed by atoms with Gasteiger partial charge in [0.2, 0.25) is 0 Å². The van der Waals surface area contributed by atoms with Crippen LogP contribution in [0.2, 0.25) is 0 Å². The summed E-state index contributed by atoms with van der Waals surface area (Å²) in [6.07, 6.45) is 1.55. The van der Waals surface area contributed by atoms with Crippen LogP contribution in [-0.2, 0) is 16.1 Å². The third kappa shape index (κ3) is 5.98. The van der Waals surface area contributed by atoms with Crippen LogP contribution in [0.4, 0.5) is 4.79 Å². The van der Waals surface area contributed by atoms with E-state index in [9.17, 15) is 14.4 Å². The molecule has 0 fully saturated rings. The Bertz CT molecular complexity index is 1440. The van der Waals surface area contributed by atoms with E-state index in [0.717, 1.165) is 5.56 Å². The first kappa shape index (κ1) is 25.1. The second-order valence-electron chi connectivity index (χ2n) is 7.92. The Kier molecular flexibility index (Phi) is 8.12. The molecule has 1 heterocycles. The Morgan fingerprint density at radius 1 is 0.972 bits per heavy atom. The van der Waals surface area contributed by atoms with Gasteiger partial charge in [0, 0.05) is 16.8 Å². The van der Waals surface area contributed by atoms with E-state index in [1.54, 1.807) is 30.3 Å². The largest absolute Gasteiger partial charge is 0.497 e. The van der Waals surface area contributed by atoms with Crippen molar-refractivity contribution in [3.05, 3.63) is 82.7 Å².